The topological polar surface area (TPSA) is 57.4 Å². The van der Waals surface area contributed by atoms with Crippen LogP contribution in [0.2, 0.25) is 0 Å². The molecule has 0 aromatic carbocycles. The molecule has 0 saturated carbocycles. The van der Waals surface area contributed by atoms with E-state index in [0.717, 1.165) is 50.4 Å². The molecule has 1 N–H and O–H groups in total. The lowest BCUT2D eigenvalue weighted by Gasteiger charge is -2.36. The first kappa shape index (κ1) is 14.0. The molecular formula is C14H25N5O. The lowest BCUT2D eigenvalue weighted by Crippen LogP contribution is -2.48. The summed E-state index contributed by atoms with van der Waals surface area (Å²) in [5, 5.41) is 7.28. The van der Waals surface area contributed by atoms with Crippen molar-refractivity contribution in [3.63, 3.8) is 0 Å². The van der Waals surface area contributed by atoms with Gasteiger partial charge in [0.2, 0.25) is 5.89 Å². The van der Waals surface area contributed by atoms with Gasteiger partial charge in [-0.1, -0.05) is 5.16 Å². The van der Waals surface area contributed by atoms with E-state index in [0.29, 0.717) is 0 Å². The summed E-state index contributed by atoms with van der Waals surface area (Å²) < 4.78 is 5.19. The highest BCUT2D eigenvalue weighted by molar-refractivity contribution is 4.85. The molecule has 6 heteroatoms. The number of hydrogen-bond donors (Lipinski definition) is 1. The Morgan fingerprint density at radius 2 is 1.85 bits per heavy atom. The van der Waals surface area contributed by atoms with Gasteiger partial charge in [0.15, 0.2) is 5.82 Å². The van der Waals surface area contributed by atoms with Gasteiger partial charge in [0.25, 0.3) is 0 Å². The van der Waals surface area contributed by atoms with E-state index in [9.17, 15) is 0 Å². The van der Waals surface area contributed by atoms with E-state index >= 15 is 0 Å². The highest BCUT2D eigenvalue weighted by Crippen LogP contribution is 2.15. The van der Waals surface area contributed by atoms with Crippen molar-refractivity contribution >= 4 is 0 Å². The number of nitrogens with zero attached hydrogens (tertiary/aromatic N) is 4. The van der Waals surface area contributed by atoms with E-state index in [4.69, 9.17) is 4.52 Å². The third-order valence-corrected chi connectivity index (χ3v) is 4.37. The highest BCUT2D eigenvalue weighted by Gasteiger charge is 2.22. The Kier molecular flexibility index (Phi) is 4.65. The molecule has 1 aromatic rings. The summed E-state index contributed by atoms with van der Waals surface area (Å²) in [6.45, 7) is 10.9. The summed E-state index contributed by atoms with van der Waals surface area (Å²) in [6, 6.07) is 0. The number of rotatable bonds is 4. The van der Waals surface area contributed by atoms with Crippen LogP contribution in [-0.2, 0) is 6.54 Å². The molecule has 0 atom stereocenters. The first-order chi connectivity index (χ1) is 9.79. The van der Waals surface area contributed by atoms with Gasteiger partial charge in [-0.3, -0.25) is 4.90 Å². The Hall–Kier alpha value is -0.980. The zero-order valence-electron chi connectivity index (χ0n) is 12.3. The number of nitrogens with one attached hydrogen (secondary N) is 1. The first-order valence-corrected chi connectivity index (χ1v) is 7.74. The van der Waals surface area contributed by atoms with Crippen LogP contribution in [0.1, 0.15) is 24.6 Å². The molecule has 0 radical (unpaired) electrons. The second kappa shape index (κ2) is 6.65. The third kappa shape index (κ3) is 3.77. The maximum Gasteiger partial charge on any atom is 0.240 e. The molecule has 0 amide bonds. The second-order valence-electron chi connectivity index (χ2n) is 6.01. The number of hydrogen-bond acceptors (Lipinski definition) is 6. The van der Waals surface area contributed by atoms with Crippen LogP contribution in [0.4, 0.5) is 0 Å². The Balaban J connectivity index is 1.40. The number of piperidine rings is 1. The molecule has 0 aliphatic carbocycles. The van der Waals surface area contributed by atoms with Crippen molar-refractivity contribution in [3.05, 3.63) is 11.7 Å². The summed E-state index contributed by atoms with van der Waals surface area (Å²) in [4.78, 5) is 9.30. The quantitative estimate of drug-likeness (QED) is 0.866. The zero-order valence-corrected chi connectivity index (χ0v) is 12.3. The van der Waals surface area contributed by atoms with E-state index in [-0.39, 0.29) is 0 Å². The Morgan fingerprint density at radius 3 is 2.50 bits per heavy atom. The van der Waals surface area contributed by atoms with Gasteiger partial charge < -0.3 is 14.7 Å². The fourth-order valence-corrected chi connectivity index (χ4v) is 3.15. The standard InChI is InChI=1S/C14H25N5O/c1-12-16-14(20-17-12)11-19-8-6-18(7-9-19)10-13-2-4-15-5-3-13/h13,15H,2-11H2,1H3. The molecule has 3 heterocycles. The Morgan fingerprint density at radius 1 is 1.15 bits per heavy atom. The van der Waals surface area contributed by atoms with Crippen LogP contribution >= 0.6 is 0 Å². The lowest BCUT2D eigenvalue weighted by molar-refractivity contribution is 0.0990. The van der Waals surface area contributed by atoms with E-state index in [1.807, 2.05) is 6.92 Å². The van der Waals surface area contributed by atoms with Crippen molar-refractivity contribution in [1.29, 1.82) is 0 Å². The third-order valence-electron chi connectivity index (χ3n) is 4.37. The average Bonchev–Trinajstić information content (AvgIpc) is 2.88. The van der Waals surface area contributed by atoms with Crippen LogP contribution in [0.3, 0.4) is 0 Å². The van der Waals surface area contributed by atoms with Crippen LogP contribution in [0, 0.1) is 12.8 Å². The molecule has 0 bridgehead atoms. The molecule has 112 valence electrons. The van der Waals surface area contributed by atoms with Crippen LogP contribution in [0.15, 0.2) is 4.52 Å². The molecule has 0 spiro atoms. The minimum Gasteiger partial charge on any atom is -0.338 e. The lowest BCUT2D eigenvalue weighted by atomic mass is 9.97. The summed E-state index contributed by atoms with van der Waals surface area (Å²) >= 11 is 0. The van der Waals surface area contributed by atoms with Crippen molar-refractivity contribution in [2.24, 2.45) is 5.92 Å². The van der Waals surface area contributed by atoms with Crippen molar-refractivity contribution in [2.45, 2.75) is 26.3 Å². The molecule has 2 aliphatic heterocycles. The van der Waals surface area contributed by atoms with Crippen molar-refractivity contribution in [2.75, 3.05) is 45.8 Å². The van der Waals surface area contributed by atoms with Gasteiger partial charge in [0.1, 0.15) is 0 Å². The highest BCUT2D eigenvalue weighted by atomic mass is 16.5. The van der Waals surface area contributed by atoms with Gasteiger partial charge in [-0.2, -0.15) is 4.98 Å². The van der Waals surface area contributed by atoms with Crippen LogP contribution in [-0.4, -0.2) is 65.8 Å². The molecular weight excluding hydrogens is 254 g/mol. The molecule has 1 aromatic heterocycles. The maximum absolute atomic E-state index is 5.19. The fraction of sp³-hybridized carbons (Fsp3) is 0.857. The normalized spacial score (nSPS) is 23.2. The van der Waals surface area contributed by atoms with Gasteiger partial charge in [-0.15, -0.1) is 0 Å². The van der Waals surface area contributed by atoms with E-state index in [2.05, 4.69) is 25.3 Å². The molecule has 0 unspecified atom stereocenters. The summed E-state index contributed by atoms with van der Waals surface area (Å²) in [5.41, 5.74) is 0. The maximum atomic E-state index is 5.19. The van der Waals surface area contributed by atoms with Gasteiger partial charge in [-0.05, 0) is 38.8 Å². The molecule has 20 heavy (non-hydrogen) atoms. The largest absolute Gasteiger partial charge is 0.338 e. The van der Waals surface area contributed by atoms with Crippen molar-refractivity contribution in [1.82, 2.24) is 25.3 Å². The number of piperazine rings is 1. The van der Waals surface area contributed by atoms with Gasteiger partial charge in [0, 0.05) is 32.7 Å². The minimum atomic E-state index is 0.726. The minimum absolute atomic E-state index is 0.726. The molecule has 6 nitrogen and oxygen atoms in total. The second-order valence-corrected chi connectivity index (χ2v) is 6.01. The number of aromatic nitrogens is 2. The van der Waals surface area contributed by atoms with Crippen LogP contribution in [0.25, 0.3) is 0 Å². The summed E-state index contributed by atoms with van der Waals surface area (Å²) in [7, 11) is 0. The van der Waals surface area contributed by atoms with Gasteiger partial charge in [0.05, 0.1) is 6.54 Å². The van der Waals surface area contributed by atoms with E-state index in [1.54, 1.807) is 0 Å². The first-order valence-electron chi connectivity index (χ1n) is 7.74. The molecule has 2 saturated heterocycles. The van der Waals surface area contributed by atoms with Gasteiger partial charge in [-0.25, -0.2) is 0 Å². The molecule has 2 aliphatic rings. The summed E-state index contributed by atoms with van der Waals surface area (Å²) in [5.74, 6) is 2.36. The molecule has 2 fully saturated rings. The van der Waals surface area contributed by atoms with Crippen molar-refractivity contribution < 1.29 is 4.52 Å². The fourth-order valence-electron chi connectivity index (χ4n) is 3.15. The van der Waals surface area contributed by atoms with Crippen LogP contribution in [0.5, 0.6) is 0 Å². The predicted molar refractivity (Wildman–Crippen MR) is 76.3 cm³/mol. The Labute approximate surface area is 120 Å². The molecule has 3 rings (SSSR count). The summed E-state index contributed by atoms with van der Waals surface area (Å²) in [6.07, 6.45) is 2.67. The Bertz CT molecular complexity index is 407. The monoisotopic (exact) mass is 279 g/mol. The van der Waals surface area contributed by atoms with E-state index < -0.39 is 0 Å². The SMILES string of the molecule is Cc1noc(CN2CCN(CC3CCNCC3)CC2)n1. The van der Waals surface area contributed by atoms with E-state index in [1.165, 1.54) is 32.5 Å². The zero-order chi connectivity index (χ0) is 13.8. The van der Waals surface area contributed by atoms with Crippen LogP contribution < -0.4 is 5.32 Å². The smallest absolute Gasteiger partial charge is 0.240 e. The predicted octanol–water partition coefficient (Wildman–Crippen LogP) is 0.495. The average molecular weight is 279 g/mol. The van der Waals surface area contributed by atoms with Gasteiger partial charge >= 0.3 is 0 Å². The number of aryl methyl sites for hydroxylation is 1. The van der Waals surface area contributed by atoms with Crippen molar-refractivity contribution in [3.8, 4) is 0 Å².